The Hall–Kier alpha value is -1.41. The molecular weight excluding hydrogens is 401 g/mol. The Bertz CT molecular complexity index is 705. The maximum Gasteiger partial charge on any atom is 0.439 e. The number of halogens is 4. The summed E-state index contributed by atoms with van der Waals surface area (Å²) in [6, 6.07) is 5.92. The van der Waals surface area contributed by atoms with Gasteiger partial charge >= 0.3 is 6.18 Å². The third-order valence-corrected chi connectivity index (χ3v) is 5.62. The van der Waals surface area contributed by atoms with Crippen LogP contribution in [0.5, 0.6) is 0 Å². The van der Waals surface area contributed by atoms with Crippen molar-refractivity contribution in [1.29, 1.82) is 0 Å². The fourth-order valence-corrected chi connectivity index (χ4v) is 3.85. The molecule has 0 radical (unpaired) electrons. The van der Waals surface area contributed by atoms with Gasteiger partial charge in [-0.25, -0.2) is 0 Å². The van der Waals surface area contributed by atoms with Crippen molar-refractivity contribution in [3.05, 3.63) is 34.3 Å². The number of alkyl halides is 3. The van der Waals surface area contributed by atoms with E-state index in [2.05, 4.69) is 21.0 Å². The summed E-state index contributed by atoms with van der Waals surface area (Å²) in [5.74, 6) is -2.08. The van der Waals surface area contributed by atoms with Crippen LogP contribution in [0, 0.1) is 11.8 Å². The van der Waals surface area contributed by atoms with E-state index in [1.807, 2.05) is 6.92 Å². The van der Waals surface area contributed by atoms with Crippen LogP contribution in [0.1, 0.15) is 43.0 Å². The lowest BCUT2D eigenvalue weighted by Gasteiger charge is -2.39. The second-order valence-corrected chi connectivity index (χ2v) is 7.46. The van der Waals surface area contributed by atoms with Crippen LogP contribution in [0.4, 0.5) is 13.2 Å². The third kappa shape index (κ3) is 2.99. The third-order valence-electron chi connectivity index (χ3n) is 5.10. The van der Waals surface area contributed by atoms with Gasteiger partial charge in [0.15, 0.2) is 0 Å². The number of aliphatic hydroxyl groups is 1. The molecule has 136 valence electrons. The molecule has 1 fully saturated rings. The van der Waals surface area contributed by atoms with E-state index in [1.165, 1.54) is 12.1 Å². The van der Waals surface area contributed by atoms with Crippen molar-refractivity contribution in [2.45, 2.75) is 44.5 Å². The Morgan fingerprint density at radius 1 is 1.40 bits per heavy atom. The van der Waals surface area contributed by atoms with Gasteiger partial charge in [0, 0.05) is 15.7 Å². The summed E-state index contributed by atoms with van der Waals surface area (Å²) in [5.41, 5.74) is -2.99. The Balaban J connectivity index is 2.01. The van der Waals surface area contributed by atoms with Crippen molar-refractivity contribution in [3.63, 3.8) is 0 Å². The number of hydrogen-bond donors (Lipinski definition) is 1. The van der Waals surface area contributed by atoms with Gasteiger partial charge in [-0.05, 0) is 49.4 Å². The molecule has 1 heterocycles. The van der Waals surface area contributed by atoms with Gasteiger partial charge in [0.2, 0.25) is 0 Å². The van der Waals surface area contributed by atoms with Crippen molar-refractivity contribution in [2.75, 3.05) is 0 Å². The summed E-state index contributed by atoms with van der Waals surface area (Å²) in [4.78, 5) is 12.7. The van der Waals surface area contributed by atoms with E-state index in [0.29, 0.717) is 10.9 Å². The SMILES string of the molecule is CC[C@@H]1CCC2=NN(C(=O)c3ccc(Br)cc3)[C@](O)(C(F)(F)F)[C@H]2C1. The van der Waals surface area contributed by atoms with Crippen LogP contribution in [0.3, 0.4) is 0 Å². The van der Waals surface area contributed by atoms with Gasteiger partial charge < -0.3 is 5.11 Å². The Morgan fingerprint density at radius 3 is 2.60 bits per heavy atom. The highest BCUT2D eigenvalue weighted by molar-refractivity contribution is 9.10. The van der Waals surface area contributed by atoms with E-state index in [9.17, 15) is 23.1 Å². The molecule has 4 nitrogen and oxygen atoms in total. The van der Waals surface area contributed by atoms with Crippen LogP contribution in [0.25, 0.3) is 0 Å². The molecule has 3 atom stereocenters. The van der Waals surface area contributed by atoms with Crippen LogP contribution in [-0.2, 0) is 0 Å². The number of hydrogen-bond acceptors (Lipinski definition) is 3. The lowest BCUT2D eigenvalue weighted by Crippen LogP contribution is -2.61. The van der Waals surface area contributed by atoms with E-state index in [4.69, 9.17) is 0 Å². The zero-order chi connectivity index (χ0) is 18.4. The Kier molecular flexibility index (Phi) is 4.70. The van der Waals surface area contributed by atoms with Crippen LogP contribution in [0.15, 0.2) is 33.8 Å². The molecule has 0 saturated heterocycles. The number of nitrogens with zero attached hydrogens (tertiary/aromatic N) is 2. The van der Waals surface area contributed by atoms with Crippen molar-refractivity contribution in [3.8, 4) is 0 Å². The van der Waals surface area contributed by atoms with Gasteiger partial charge in [0.1, 0.15) is 0 Å². The summed E-state index contributed by atoms with van der Waals surface area (Å²) in [7, 11) is 0. The normalized spacial score (nSPS) is 29.4. The number of carbonyl (C=O) groups is 1. The fourth-order valence-electron chi connectivity index (χ4n) is 3.59. The summed E-state index contributed by atoms with van der Waals surface area (Å²) in [6.45, 7) is 1.92. The van der Waals surface area contributed by atoms with E-state index in [-0.39, 0.29) is 28.6 Å². The Morgan fingerprint density at radius 2 is 2.04 bits per heavy atom. The zero-order valence-corrected chi connectivity index (χ0v) is 15.1. The van der Waals surface area contributed by atoms with Gasteiger partial charge in [-0.3, -0.25) is 4.79 Å². The number of fused-ring (bicyclic) bond motifs is 1. The molecule has 0 unspecified atom stereocenters. The van der Waals surface area contributed by atoms with Crippen LogP contribution < -0.4 is 0 Å². The molecule has 1 aromatic rings. The fraction of sp³-hybridized carbons (Fsp3) is 0.529. The maximum absolute atomic E-state index is 13.8. The van der Waals surface area contributed by atoms with Gasteiger partial charge in [0.25, 0.3) is 11.6 Å². The van der Waals surface area contributed by atoms with Crippen LogP contribution >= 0.6 is 15.9 Å². The monoisotopic (exact) mass is 418 g/mol. The first-order valence-corrected chi connectivity index (χ1v) is 8.94. The number of amides is 1. The van der Waals surface area contributed by atoms with Crippen molar-refractivity contribution >= 4 is 27.5 Å². The number of carbonyl (C=O) groups excluding carboxylic acids is 1. The van der Waals surface area contributed by atoms with Crippen molar-refractivity contribution < 1.29 is 23.1 Å². The second kappa shape index (κ2) is 6.39. The first-order chi connectivity index (χ1) is 11.7. The zero-order valence-electron chi connectivity index (χ0n) is 13.6. The first kappa shape index (κ1) is 18.4. The lowest BCUT2D eigenvalue weighted by atomic mass is 9.74. The lowest BCUT2D eigenvalue weighted by molar-refractivity contribution is -0.313. The van der Waals surface area contributed by atoms with Gasteiger partial charge in [-0.1, -0.05) is 29.3 Å². The second-order valence-electron chi connectivity index (χ2n) is 6.54. The van der Waals surface area contributed by atoms with Crippen molar-refractivity contribution in [2.24, 2.45) is 16.9 Å². The minimum absolute atomic E-state index is 0.0425. The molecule has 1 aliphatic heterocycles. The molecule has 1 aromatic carbocycles. The van der Waals surface area contributed by atoms with Gasteiger partial charge in [-0.15, -0.1) is 0 Å². The summed E-state index contributed by atoms with van der Waals surface area (Å²) < 4.78 is 42.1. The quantitative estimate of drug-likeness (QED) is 0.776. The summed E-state index contributed by atoms with van der Waals surface area (Å²) in [5, 5.41) is 14.8. The molecule has 1 N–H and O–H groups in total. The van der Waals surface area contributed by atoms with E-state index < -0.39 is 23.7 Å². The summed E-state index contributed by atoms with van der Waals surface area (Å²) in [6.07, 6.45) is -3.00. The maximum atomic E-state index is 13.8. The average molecular weight is 419 g/mol. The Labute approximate surface area is 151 Å². The van der Waals surface area contributed by atoms with E-state index >= 15 is 0 Å². The number of rotatable bonds is 2. The van der Waals surface area contributed by atoms with Crippen LogP contribution in [0.2, 0.25) is 0 Å². The average Bonchev–Trinajstić information content (AvgIpc) is 2.88. The summed E-state index contributed by atoms with van der Waals surface area (Å²) >= 11 is 3.21. The topological polar surface area (TPSA) is 52.9 Å². The van der Waals surface area contributed by atoms with E-state index in [0.717, 1.165) is 12.8 Å². The highest BCUT2D eigenvalue weighted by Crippen LogP contribution is 2.50. The van der Waals surface area contributed by atoms with Gasteiger partial charge in [-0.2, -0.15) is 23.3 Å². The highest BCUT2D eigenvalue weighted by Gasteiger charge is 2.68. The smallest absolute Gasteiger partial charge is 0.362 e. The molecule has 1 saturated carbocycles. The largest absolute Gasteiger partial charge is 0.439 e. The number of hydrazone groups is 1. The standard InChI is InChI=1S/C17H18BrF3N2O2/c1-2-10-3-8-14-13(9-10)16(25,17(19,20)21)23(22-14)15(24)11-4-6-12(18)7-5-11/h4-7,10,13,25H,2-3,8-9H2,1H3/t10-,13+,16-/m1/s1. The van der Waals surface area contributed by atoms with Gasteiger partial charge in [0.05, 0.1) is 5.92 Å². The molecule has 1 aliphatic carbocycles. The predicted molar refractivity (Wildman–Crippen MR) is 89.9 cm³/mol. The highest BCUT2D eigenvalue weighted by atomic mass is 79.9. The predicted octanol–water partition coefficient (Wildman–Crippen LogP) is 4.34. The minimum atomic E-state index is -5.00. The molecule has 2 aliphatic rings. The molecule has 3 rings (SSSR count). The minimum Gasteiger partial charge on any atom is -0.362 e. The molecule has 8 heteroatoms. The van der Waals surface area contributed by atoms with E-state index in [1.54, 1.807) is 12.1 Å². The molecular formula is C17H18BrF3N2O2. The number of benzene rings is 1. The van der Waals surface area contributed by atoms with Crippen molar-refractivity contribution in [1.82, 2.24) is 5.01 Å². The molecule has 0 bridgehead atoms. The molecule has 25 heavy (non-hydrogen) atoms. The first-order valence-electron chi connectivity index (χ1n) is 8.15. The molecule has 0 aromatic heterocycles. The van der Waals surface area contributed by atoms with Crippen LogP contribution in [-0.4, -0.2) is 33.6 Å². The molecule has 0 spiro atoms. The molecule has 1 amide bonds.